The van der Waals surface area contributed by atoms with Crippen LogP contribution in [0.2, 0.25) is 0 Å². The van der Waals surface area contributed by atoms with Crippen molar-refractivity contribution in [1.29, 1.82) is 0 Å². The second-order valence-corrected chi connectivity index (χ2v) is 6.86. The van der Waals surface area contributed by atoms with Gasteiger partial charge in [0.2, 0.25) is 14.9 Å². The van der Waals surface area contributed by atoms with Crippen LogP contribution >= 0.6 is 0 Å². The minimum Gasteiger partial charge on any atom is -0.448 e. The molecule has 0 aliphatic carbocycles. The van der Waals surface area contributed by atoms with E-state index >= 15 is 0 Å². The smallest absolute Gasteiger partial charge is 0.239 e. The van der Waals surface area contributed by atoms with Crippen LogP contribution in [0.25, 0.3) is 0 Å². The second kappa shape index (κ2) is 5.42. The first kappa shape index (κ1) is 13.4. The molecule has 3 rings (SSSR count). The number of sulfone groups is 1. The van der Waals surface area contributed by atoms with Crippen molar-refractivity contribution in [3.05, 3.63) is 48.2 Å². The lowest BCUT2D eigenvalue weighted by Crippen LogP contribution is -2.26. The van der Waals surface area contributed by atoms with Gasteiger partial charge in [0, 0.05) is 0 Å². The van der Waals surface area contributed by atoms with Gasteiger partial charge in [-0.15, -0.1) is 0 Å². The molecule has 1 fully saturated rings. The summed E-state index contributed by atoms with van der Waals surface area (Å²) >= 11 is 0. The molecule has 1 aliphatic heterocycles. The van der Waals surface area contributed by atoms with E-state index in [2.05, 4.69) is 5.32 Å². The van der Waals surface area contributed by atoms with Crippen LogP contribution in [0.4, 0.5) is 0 Å². The highest BCUT2D eigenvalue weighted by atomic mass is 32.2. The van der Waals surface area contributed by atoms with E-state index in [1.165, 1.54) is 0 Å². The van der Waals surface area contributed by atoms with Crippen LogP contribution < -0.4 is 5.32 Å². The standard InChI is InChI=1S/C15H17NO3S/c17-20(18,12-6-2-1-3-7-12)15-10-9-14(19-15)13-8-4-5-11-16-13/h1-3,6-7,9-10,13,16H,4-5,8,11H2/t13-/m1/s1. The van der Waals surface area contributed by atoms with E-state index in [-0.39, 0.29) is 16.0 Å². The fourth-order valence-electron chi connectivity index (χ4n) is 2.48. The number of hydrogen-bond acceptors (Lipinski definition) is 4. The summed E-state index contributed by atoms with van der Waals surface area (Å²) in [5, 5.41) is 3.37. The van der Waals surface area contributed by atoms with Gasteiger partial charge in [-0.25, -0.2) is 8.42 Å². The van der Waals surface area contributed by atoms with Gasteiger partial charge < -0.3 is 9.73 Å². The largest absolute Gasteiger partial charge is 0.448 e. The van der Waals surface area contributed by atoms with Crippen molar-refractivity contribution in [2.45, 2.75) is 35.3 Å². The zero-order chi connectivity index (χ0) is 14.0. The molecule has 0 amide bonds. The van der Waals surface area contributed by atoms with Crippen molar-refractivity contribution in [1.82, 2.24) is 5.32 Å². The van der Waals surface area contributed by atoms with E-state index in [9.17, 15) is 8.42 Å². The molecule has 1 atom stereocenters. The molecule has 0 spiro atoms. The number of benzene rings is 1. The van der Waals surface area contributed by atoms with Gasteiger partial charge in [0.1, 0.15) is 5.76 Å². The summed E-state index contributed by atoms with van der Waals surface area (Å²) in [6.07, 6.45) is 3.28. The normalized spacial score (nSPS) is 19.9. The number of rotatable bonds is 3. The van der Waals surface area contributed by atoms with Gasteiger partial charge in [-0.3, -0.25) is 0 Å². The van der Waals surface area contributed by atoms with Crippen LogP contribution in [0, 0.1) is 0 Å². The van der Waals surface area contributed by atoms with Gasteiger partial charge in [-0.1, -0.05) is 24.6 Å². The van der Waals surface area contributed by atoms with Crippen molar-refractivity contribution in [3.8, 4) is 0 Å². The highest BCUT2D eigenvalue weighted by molar-refractivity contribution is 7.91. The van der Waals surface area contributed by atoms with Crippen molar-refractivity contribution >= 4 is 9.84 Å². The average Bonchev–Trinajstić information content (AvgIpc) is 3.00. The first-order valence-corrected chi connectivity index (χ1v) is 8.29. The molecule has 2 aromatic rings. The summed E-state index contributed by atoms with van der Waals surface area (Å²) in [7, 11) is -3.55. The topological polar surface area (TPSA) is 59.3 Å². The Balaban J connectivity index is 1.90. The fraction of sp³-hybridized carbons (Fsp3) is 0.333. The number of furan rings is 1. The van der Waals surface area contributed by atoms with Crippen molar-refractivity contribution < 1.29 is 12.8 Å². The third-order valence-corrected chi connectivity index (χ3v) is 5.22. The lowest BCUT2D eigenvalue weighted by molar-refractivity contribution is 0.321. The highest BCUT2D eigenvalue weighted by Gasteiger charge is 2.24. The fourth-order valence-corrected chi connectivity index (χ4v) is 3.68. The molecular formula is C15H17NO3S. The van der Waals surface area contributed by atoms with Crippen molar-refractivity contribution in [3.63, 3.8) is 0 Å². The highest BCUT2D eigenvalue weighted by Crippen LogP contribution is 2.28. The Morgan fingerprint density at radius 2 is 1.85 bits per heavy atom. The second-order valence-electron chi connectivity index (χ2n) is 4.98. The molecule has 1 aromatic heterocycles. The van der Waals surface area contributed by atoms with E-state index < -0.39 is 9.84 Å². The average molecular weight is 291 g/mol. The Bertz CT molecular complexity index is 670. The molecule has 0 unspecified atom stereocenters. The van der Waals surface area contributed by atoms with E-state index in [4.69, 9.17) is 4.42 Å². The molecule has 5 heteroatoms. The Morgan fingerprint density at radius 1 is 1.05 bits per heavy atom. The summed E-state index contributed by atoms with van der Waals surface area (Å²) < 4.78 is 30.4. The van der Waals surface area contributed by atoms with Gasteiger partial charge in [0.25, 0.3) is 0 Å². The monoisotopic (exact) mass is 291 g/mol. The van der Waals surface area contributed by atoms with Crippen LogP contribution in [0.3, 0.4) is 0 Å². The maximum Gasteiger partial charge on any atom is 0.239 e. The van der Waals surface area contributed by atoms with Crippen molar-refractivity contribution in [2.24, 2.45) is 0 Å². The molecule has 1 N–H and O–H groups in total. The van der Waals surface area contributed by atoms with E-state index in [0.29, 0.717) is 5.76 Å². The molecule has 0 bridgehead atoms. The Morgan fingerprint density at radius 3 is 2.55 bits per heavy atom. The summed E-state index contributed by atoms with van der Waals surface area (Å²) in [6, 6.07) is 11.8. The zero-order valence-electron chi connectivity index (χ0n) is 11.1. The summed E-state index contributed by atoms with van der Waals surface area (Å²) in [5.41, 5.74) is 0. The Kier molecular flexibility index (Phi) is 3.63. The molecule has 0 saturated carbocycles. The minimum atomic E-state index is -3.55. The van der Waals surface area contributed by atoms with E-state index in [1.54, 1.807) is 42.5 Å². The van der Waals surface area contributed by atoms with Crippen LogP contribution in [0.5, 0.6) is 0 Å². The van der Waals surface area contributed by atoms with Gasteiger partial charge in [-0.2, -0.15) is 0 Å². The Labute approximate surface area is 118 Å². The van der Waals surface area contributed by atoms with E-state index in [0.717, 1.165) is 25.8 Å². The Hall–Kier alpha value is -1.59. The summed E-state index contributed by atoms with van der Waals surface area (Å²) in [4.78, 5) is 0.262. The molecule has 1 aromatic carbocycles. The quantitative estimate of drug-likeness (QED) is 0.944. The number of piperidine rings is 1. The third kappa shape index (κ3) is 2.51. The van der Waals surface area contributed by atoms with E-state index in [1.807, 2.05) is 0 Å². The summed E-state index contributed by atoms with van der Waals surface area (Å²) in [6.45, 7) is 0.951. The lowest BCUT2D eigenvalue weighted by atomic mass is 10.0. The van der Waals surface area contributed by atoms with Gasteiger partial charge in [0.05, 0.1) is 10.9 Å². The molecular weight excluding hydrogens is 274 g/mol. The SMILES string of the molecule is O=S(=O)(c1ccccc1)c1ccc([C@H]2CCCCN2)o1. The zero-order valence-corrected chi connectivity index (χ0v) is 11.9. The van der Waals surface area contributed by atoms with Gasteiger partial charge >= 0.3 is 0 Å². The number of nitrogens with one attached hydrogen (secondary N) is 1. The van der Waals surface area contributed by atoms with Gasteiger partial charge in [0.15, 0.2) is 0 Å². The molecule has 1 saturated heterocycles. The minimum absolute atomic E-state index is 0.0195. The molecule has 0 radical (unpaired) electrons. The molecule has 2 heterocycles. The van der Waals surface area contributed by atoms with Crippen LogP contribution in [0.15, 0.2) is 56.9 Å². The van der Waals surface area contributed by atoms with Crippen LogP contribution in [-0.4, -0.2) is 15.0 Å². The lowest BCUT2D eigenvalue weighted by Gasteiger charge is -2.21. The number of hydrogen-bond donors (Lipinski definition) is 1. The predicted molar refractivity (Wildman–Crippen MR) is 75.2 cm³/mol. The third-order valence-electron chi connectivity index (χ3n) is 3.57. The van der Waals surface area contributed by atoms with Crippen LogP contribution in [0.1, 0.15) is 31.1 Å². The molecule has 4 nitrogen and oxygen atoms in total. The first-order chi connectivity index (χ1) is 9.68. The predicted octanol–water partition coefficient (Wildman–Crippen LogP) is 2.93. The molecule has 1 aliphatic rings. The molecule has 106 valence electrons. The van der Waals surface area contributed by atoms with Gasteiger partial charge in [-0.05, 0) is 43.7 Å². The summed E-state index contributed by atoms with van der Waals surface area (Å²) in [5.74, 6) is 0.708. The molecule has 20 heavy (non-hydrogen) atoms. The van der Waals surface area contributed by atoms with Crippen LogP contribution in [-0.2, 0) is 9.84 Å². The van der Waals surface area contributed by atoms with Crippen molar-refractivity contribution in [2.75, 3.05) is 6.54 Å². The first-order valence-electron chi connectivity index (χ1n) is 6.81. The maximum atomic E-state index is 12.4. The maximum absolute atomic E-state index is 12.4.